The summed E-state index contributed by atoms with van der Waals surface area (Å²) in [5, 5.41) is 19.2. The number of hydrogen-bond donors (Lipinski definition) is 1. The Hall–Kier alpha value is -1.64. The third kappa shape index (κ3) is 4.02. The normalized spacial score (nSPS) is 12.9. The molecule has 0 bridgehead atoms. The van der Waals surface area contributed by atoms with Crippen LogP contribution in [-0.2, 0) is 16.0 Å². The van der Waals surface area contributed by atoms with Gasteiger partial charge in [0.15, 0.2) is 5.82 Å². The lowest BCUT2D eigenvalue weighted by Crippen LogP contribution is -2.20. The van der Waals surface area contributed by atoms with Crippen molar-refractivity contribution in [2.75, 3.05) is 13.2 Å². The number of ether oxygens (including phenoxy) is 1. The number of tetrazole rings is 1. The monoisotopic (exact) mass is 250 g/mol. The van der Waals surface area contributed by atoms with E-state index in [0.717, 1.165) is 4.68 Å². The van der Waals surface area contributed by atoms with Crippen molar-refractivity contribution in [2.45, 2.75) is 25.8 Å². The lowest BCUT2D eigenvalue weighted by Gasteiger charge is -2.08. The highest BCUT2D eigenvalue weighted by Gasteiger charge is 2.18. The van der Waals surface area contributed by atoms with Crippen LogP contribution in [0, 0.1) is 0 Å². The van der Waals surface area contributed by atoms with Gasteiger partial charge < -0.3 is 9.84 Å². The van der Waals surface area contributed by atoms with Gasteiger partial charge in [0.1, 0.15) is 12.6 Å². The van der Waals surface area contributed by atoms with E-state index in [2.05, 4.69) is 20.3 Å². The topological polar surface area (TPSA) is 90.1 Å². The lowest BCUT2D eigenvalue weighted by atomic mass is 10.3. The van der Waals surface area contributed by atoms with Gasteiger partial charge >= 0.3 is 5.97 Å². The van der Waals surface area contributed by atoms with Crippen LogP contribution in [0.4, 0.5) is 8.78 Å². The second kappa shape index (κ2) is 6.18. The van der Waals surface area contributed by atoms with Crippen LogP contribution in [0.3, 0.4) is 0 Å². The van der Waals surface area contributed by atoms with E-state index in [9.17, 15) is 13.6 Å². The van der Waals surface area contributed by atoms with Gasteiger partial charge in [0.25, 0.3) is 6.43 Å². The number of hydrogen-bond acceptors (Lipinski definition) is 5. The van der Waals surface area contributed by atoms with Crippen molar-refractivity contribution in [2.24, 2.45) is 0 Å². The maximum atomic E-state index is 11.8. The minimum Gasteiger partial charge on any atom is -0.480 e. The SMILES string of the molecule is CC(C(=O)O)n1nnnc1CCOCC(F)F. The average Bonchev–Trinajstić information content (AvgIpc) is 2.71. The molecule has 7 nitrogen and oxygen atoms in total. The van der Waals surface area contributed by atoms with Gasteiger partial charge in [-0.1, -0.05) is 0 Å². The van der Waals surface area contributed by atoms with Crippen LogP contribution in [0.15, 0.2) is 0 Å². The minimum atomic E-state index is -2.52. The number of aromatic nitrogens is 4. The summed E-state index contributed by atoms with van der Waals surface area (Å²) in [4.78, 5) is 10.7. The quantitative estimate of drug-likeness (QED) is 0.692. The van der Waals surface area contributed by atoms with Crippen LogP contribution in [0.1, 0.15) is 18.8 Å². The van der Waals surface area contributed by atoms with Crippen molar-refractivity contribution in [3.63, 3.8) is 0 Å². The Bertz CT molecular complexity index is 371. The third-order valence-electron chi connectivity index (χ3n) is 2.00. The van der Waals surface area contributed by atoms with Gasteiger partial charge in [0.05, 0.1) is 6.61 Å². The summed E-state index contributed by atoms with van der Waals surface area (Å²) in [5.74, 6) is -0.791. The Morgan fingerprint density at radius 1 is 1.59 bits per heavy atom. The first-order valence-electron chi connectivity index (χ1n) is 4.87. The van der Waals surface area contributed by atoms with E-state index in [0.29, 0.717) is 0 Å². The first-order valence-corrected chi connectivity index (χ1v) is 4.87. The van der Waals surface area contributed by atoms with Crippen molar-refractivity contribution >= 4 is 5.97 Å². The molecule has 0 aromatic carbocycles. The van der Waals surface area contributed by atoms with Gasteiger partial charge in [0, 0.05) is 6.42 Å². The number of nitrogens with zero attached hydrogens (tertiary/aromatic N) is 4. The van der Waals surface area contributed by atoms with E-state index < -0.39 is 25.0 Å². The smallest absolute Gasteiger partial charge is 0.328 e. The molecule has 0 aliphatic carbocycles. The van der Waals surface area contributed by atoms with Gasteiger partial charge in [0.2, 0.25) is 0 Å². The summed E-state index contributed by atoms with van der Waals surface area (Å²) >= 11 is 0. The maximum absolute atomic E-state index is 11.8. The van der Waals surface area contributed by atoms with E-state index in [1.807, 2.05) is 0 Å². The van der Waals surface area contributed by atoms with Crippen molar-refractivity contribution in [3.05, 3.63) is 5.82 Å². The molecule has 0 aliphatic heterocycles. The van der Waals surface area contributed by atoms with Crippen LogP contribution < -0.4 is 0 Å². The number of carbonyl (C=O) groups is 1. The van der Waals surface area contributed by atoms with Gasteiger partial charge in [-0.3, -0.25) is 0 Å². The predicted octanol–water partition coefficient (Wildman–Crippen LogP) is 0.143. The molecule has 96 valence electrons. The molecule has 0 radical (unpaired) electrons. The Morgan fingerprint density at radius 2 is 2.29 bits per heavy atom. The van der Waals surface area contributed by atoms with Crippen molar-refractivity contribution in [3.8, 4) is 0 Å². The van der Waals surface area contributed by atoms with Crippen LogP contribution in [0.25, 0.3) is 0 Å². The zero-order valence-corrected chi connectivity index (χ0v) is 9.08. The number of rotatable bonds is 7. The fraction of sp³-hybridized carbons (Fsp3) is 0.750. The van der Waals surface area contributed by atoms with E-state index >= 15 is 0 Å². The van der Waals surface area contributed by atoms with Gasteiger partial charge in [-0.15, -0.1) is 5.10 Å². The van der Waals surface area contributed by atoms with Gasteiger partial charge in [-0.05, 0) is 17.4 Å². The summed E-state index contributed by atoms with van der Waals surface area (Å²) in [5.41, 5.74) is 0. The Labute approximate surface area is 95.4 Å². The molecular weight excluding hydrogens is 238 g/mol. The molecule has 1 atom stereocenters. The molecule has 9 heteroatoms. The first-order chi connectivity index (χ1) is 8.02. The molecule has 1 rings (SSSR count). The second-order valence-electron chi connectivity index (χ2n) is 3.27. The zero-order chi connectivity index (χ0) is 12.8. The van der Waals surface area contributed by atoms with Crippen molar-refractivity contribution in [1.82, 2.24) is 20.2 Å². The summed E-state index contributed by atoms with van der Waals surface area (Å²) in [6, 6.07) is -0.907. The molecule has 1 unspecified atom stereocenters. The van der Waals surface area contributed by atoms with Crippen LogP contribution in [0.5, 0.6) is 0 Å². The molecule has 0 aliphatic rings. The summed E-state index contributed by atoms with van der Waals surface area (Å²) in [6.07, 6.45) is -2.35. The highest BCUT2D eigenvalue weighted by atomic mass is 19.3. The summed E-state index contributed by atoms with van der Waals surface area (Å²) < 4.78 is 29.3. The number of carboxylic acid groups (broad SMARTS) is 1. The molecule has 0 saturated heterocycles. The minimum absolute atomic E-state index is 0.0110. The van der Waals surface area contributed by atoms with Gasteiger partial charge in [-0.25, -0.2) is 18.3 Å². The predicted molar refractivity (Wildman–Crippen MR) is 50.7 cm³/mol. The van der Waals surface area contributed by atoms with Crippen LogP contribution >= 0.6 is 0 Å². The third-order valence-corrected chi connectivity index (χ3v) is 2.00. The molecule has 0 saturated carbocycles. The van der Waals surface area contributed by atoms with Gasteiger partial charge in [-0.2, -0.15) is 0 Å². The molecule has 17 heavy (non-hydrogen) atoms. The fourth-order valence-corrected chi connectivity index (χ4v) is 1.12. The number of halogens is 2. The Balaban J connectivity index is 2.49. The highest BCUT2D eigenvalue weighted by molar-refractivity contribution is 5.71. The van der Waals surface area contributed by atoms with Crippen molar-refractivity contribution < 1.29 is 23.4 Å². The second-order valence-corrected chi connectivity index (χ2v) is 3.27. The summed E-state index contributed by atoms with van der Waals surface area (Å²) in [6.45, 7) is 0.773. The van der Waals surface area contributed by atoms with Crippen LogP contribution in [0.2, 0.25) is 0 Å². The standard InChI is InChI=1S/C8H12F2N4O3/c1-5(8(15)16)14-7(11-12-13-14)2-3-17-4-6(9)10/h5-6H,2-4H2,1H3,(H,15,16). The molecule has 1 heterocycles. The molecule has 0 amide bonds. The molecule has 1 aromatic heterocycles. The zero-order valence-electron chi connectivity index (χ0n) is 9.08. The largest absolute Gasteiger partial charge is 0.480 e. The molecule has 0 spiro atoms. The van der Waals surface area contributed by atoms with E-state index in [1.54, 1.807) is 0 Å². The number of carboxylic acids is 1. The average molecular weight is 250 g/mol. The lowest BCUT2D eigenvalue weighted by molar-refractivity contribution is -0.140. The maximum Gasteiger partial charge on any atom is 0.328 e. The summed E-state index contributed by atoms with van der Waals surface area (Å²) in [7, 11) is 0. The van der Waals surface area contributed by atoms with E-state index in [-0.39, 0.29) is 18.9 Å². The highest BCUT2D eigenvalue weighted by Crippen LogP contribution is 2.06. The van der Waals surface area contributed by atoms with E-state index in [1.165, 1.54) is 6.92 Å². The molecular formula is C8H12F2N4O3. The number of aliphatic carboxylic acids is 1. The molecule has 0 fully saturated rings. The van der Waals surface area contributed by atoms with Crippen LogP contribution in [-0.4, -0.2) is 50.9 Å². The molecule has 1 N–H and O–H groups in total. The number of alkyl halides is 2. The Morgan fingerprint density at radius 3 is 2.88 bits per heavy atom. The molecule has 1 aromatic rings. The fourth-order valence-electron chi connectivity index (χ4n) is 1.12. The first kappa shape index (κ1) is 13.4. The van der Waals surface area contributed by atoms with Crippen molar-refractivity contribution in [1.29, 1.82) is 0 Å². The van der Waals surface area contributed by atoms with E-state index in [4.69, 9.17) is 5.11 Å². The Kier molecular flexibility index (Phi) is 4.88.